The molecule has 2 aromatic rings. The van der Waals surface area contributed by atoms with Crippen LogP contribution in [-0.4, -0.2) is 30.4 Å². The number of ether oxygens (including phenoxy) is 1. The molecule has 0 aliphatic rings. The smallest absolute Gasteiger partial charge is 0.127 e. The lowest BCUT2D eigenvalue weighted by atomic mass is 10.1. The predicted molar refractivity (Wildman–Crippen MR) is 83.2 cm³/mol. The van der Waals surface area contributed by atoms with Crippen molar-refractivity contribution in [1.29, 1.82) is 0 Å². The lowest BCUT2D eigenvalue weighted by Crippen LogP contribution is -2.36. The van der Waals surface area contributed by atoms with E-state index in [-0.39, 0.29) is 0 Å². The molecule has 20 heavy (non-hydrogen) atoms. The summed E-state index contributed by atoms with van der Waals surface area (Å²) in [5.41, 5.74) is 0. The molecule has 0 aliphatic heterocycles. The van der Waals surface area contributed by atoms with E-state index in [4.69, 9.17) is 4.74 Å². The molecule has 2 aromatic carbocycles. The molecule has 0 amide bonds. The van der Waals surface area contributed by atoms with E-state index in [9.17, 15) is 5.11 Å². The molecule has 0 radical (unpaired) electrons. The Kier molecular flexibility index (Phi) is 5.39. The average molecular weight is 273 g/mol. The minimum Gasteiger partial charge on any atom is -0.490 e. The maximum Gasteiger partial charge on any atom is 0.127 e. The van der Waals surface area contributed by atoms with Crippen molar-refractivity contribution in [3.05, 3.63) is 42.5 Å². The molecule has 0 saturated heterocycles. The Balaban J connectivity index is 1.92. The van der Waals surface area contributed by atoms with Crippen molar-refractivity contribution in [3.63, 3.8) is 0 Å². The van der Waals surface area contributed by atoms with E-state index in [1.54, 1.807) is 0 Å². The predicted octanol–water partition coefficient (Wildman–Crippen LogP) is 2.97. The first-order chi connectivity index (χ1) is 9.70. The second-order valence-corrected chi connectivity index (χ2v) is 5.16. The maximum absolute atomic E-state index is 9.94. The van der Waals surface area contributed by atoms with Gasteiger partial charge < -0.3 is 15.2 Å². The van der Waals surface area contributed by atoms with Crippen LogP contribution >= 0.6 is 0 Å². The Bertz CT molecular complexity index is 536. The summed E-state index contributed by atoms with van der Waals surface area (Å²) in [6, 6.07) is 14.5. The second-order valence-electron chi connectivity index (χ2n) is 5.16. The molecule has 2 N–H and O–H groups in total. The highest BCUT2D eigenvalue weighted by Crippen LogP contribution is 2.25. The van der Waals surface area contributed by atoms with Gasteiger partial charge in [0.2, 0.25) is 0 Å². The van der Waals surface area contributed by atoms with Gasteiger partial charge in [-0.25, -0.2) is 0 Å². The molecule has 108 valence electrons. The van der Waals surface area contributed by atoms with Crippen molar-refractivity contribution < 1.29 is 9.84 Å². The van der Waals surface area contributed by atoms with Gasteiger partial charge in [0.25, 0.3) is 0 Å². The van der Waals surface area contributed by atoms with E-state index < -0.39 is 6.10 Å². The third kappa shape index (κ3) is 3.95. The van der Waals surface area contributed by atoms with Crippen LogP contribution < -0.4 is 10.1 Å². The molecule has 2 atom stereocenters. The van der Waals surface area contributed by atoms with Crippen LogP contribution in [0.2, 0.25) is 0 Å². The number of hydrogen-bond acceptors (Lipinski definition) is 3. The molecule has 3 nitrogen and oxygen atoms in total. The van der Waals surface area contributed by atoms with E-state index >= 15 is 0 Å². The van der Waals surface area contributed by atoms with Gasteiger partial charge in [0, 0.05) is 18.0 Å². The third-order valence-electron chi connectivity index (χ3n) is 3.50. The fourth-order valence-corrected chi connectivity index (χ4v) is 2.05. The molecule has 0 aliphatic carbocycles. The highest BCUT2D eigenvalue weighted by atomic mass is 16.5. The molecule has 3 heteroatoms. The average Bonchev–Trinajstić information content (AvgIpc) is 2.50. The molecule has 0 bridgehead atoms. The minimum atomic E-state index is -0.497. The fraction of sp³-hybridized carbons (Fsp3) is 0.412. The maximum atomic E-state index is 9.94. The van der Waals surface area contributed by atoms with Crippen LogP contribution in [0.4, 0.5) is 0 Å². The monoisotopic (exact) mass is 273 g/mol. The Hall–Kier alpha value is -1.58. The summed E-state index contributed by atoms with van der Waals surface area (Å²) in [4.78, 5) is 0. The molecular formula is C17H23NO2. The first-order valence-corrected chi connectivity index (χ1v) is 7.22. The number of benzene rings is 2. The highest BCUT2D eigenvalue weighted by molar-refractivity contribution is 5.88. The van der Waals surface area contributed by atoms with Gasteiger partial charge in [-0.15, -0.1) is 0 Å². The van der Waals surface area contributed by atoms with Gasteiger partial charge in [0.15, 0.2) is 0 Å². The molecule has 0 heterocycles. The lowest BCUT2D eigenvalue weighted by Gasteiger charge is -2.17. The van der Waals surface area contributed by atoms with Crippen LogP contribution in [-0.2, 0) is 0 Å². The topological polar surface area (TPSA) is 41.5 Å². The van der Waals surface area contributed by atoms with Gasteiger partial charge in [0.1, 0.15) is 18.5 Å². The summed E-state index contributed by atoms with van der Waals surface area (Å²) in [6.07, 6.45) is 0.555. The molecule has 0 aromatic heterocycles. The van der Waals surface area contributed by atoms with Crippen molar-refractivity contribution in [3.8, 4) is 5.75 Å². The number of nitrogens with one attached hydrogen (secondary N) is 1. The Morgan fingerprint density at radius 2 is 1.90 bits per heavy atom. The van der Waals surface area contributed by atoms with E-state index in [0.717, 1.165) is 22.9 Å². The molecule has 0 fully saturated rings. The van der Waals surface area contributed by atoms with Crippen LogP contribution in [0.25, 0.3) is 10.8 Å². The number of hydrogen-bond donors (Lipinski definition) is 2. The number of aliphatic hydroxyl groups excluding tert-OH is 1. The van der Waals surface area contributed by atoms with Gasteiger partial charge in [-0.2, -0.15) is 0 Å². The quantitative estimate of drug-likeness (QED) is 0.815. The van der Waals surface area contributed by atoms with Gasteiger partial charge in [-0.3, -0.25) is 0 Å². The Morgan fingerprint density at radius 3 is 2.70 bits per heavy atom. The van der Waals surface area contributed by atoms with Crippen LogP contribution in [0, 0.1) is 0 Å². The van der Waals surface area contributed by atoms with Crippen LogP contribution in [0.15, 0.2) is 42.5 Å². The third-order valence-corrected chi connectivity index (χ3v) is 3.50. The van der Waals surface area contributed by atoms with E-state index in [2.05, 4.69) is 31.3 Å². The normalized spacial score (nSPS) is 14.2. The summed E-state index contributed by atoms with van der Waals surface area (Å²) in [6.45, 7) is 5.09. The molecule has 0 saturated carbocycles. The Morgan fingerprint density at radius 1 is 1.15 bits per heavy atom. The summed E-state index contributed by atoms with van der Waals surface area (Å²) in [5, 5.41) is 15.4. The van der Waals surface area contributed by atoms with Crippen molar-refractivity contribution in [2.45, 2.75) is 32.4 Å². The fourth-order valence-electron chi connectivity index (χ4n) is 2.05. The molecule has 2 rings (SSSR count). The first-order valence-electron chi connectivity index (χ1n) is 7.22. The summed E-state index contributed by atoms with van der Waals surface area (Å²) in [5.74, 6) is 0.825. The molecular weight excluding hydrogens is 250 g/mol. The summed E-state index contributed by atoms with van der Waals surface area (Å²) < 4.78 is 5.76. The lowest BCUT2D eigenvalue weighted by molar-refractivity contribution is 0.105. The minimum absolute atomic E-state index is 0.303. The van der Waals surface area contributed by atoms with Crippen molar-refractivity contribution in [2.75, 3.05) is 13.2 Å². The zero-order chi connectivity index (χ0) is 14.4. The van der Waals surface area contributed by atoms with E-state index in [0.29, 0.717) is 19.2 Å². The second kappa shape index (κ2) is 7.27. The zero-order valence-corrected chi connectivity index (χ0v) is 12.2. The van der Waals surface area contributed by atoms with Crippen molar-refractivity contribution >= 4 is 10.8 Å². The van der Waals surface area contributed by atoms with Crippen molar-refractivity contribution in [2.24, 2.45) is 0 Å². The zero-order valence-electron chi connectivity index (χ0n) is 12.2. The first kappa shape index (κ1) is 14.8. The van der Waals surface area contributed by atoms with Crippen molar-refractivity contribution in [1.82, 2.24) is 5.32 Å². The number of rotatable bonds is 7. The van der Waals surface area contributed by atoms with Gasteiger partial charge in [0.05, 0.1) is 0 Å². The Labute approximate surface area is 120 Å². The standard InChI is InChI=1S/C17H23NO2/c1-3-13(2)18-11-15(19)12-20-17-10-6-8-14-7-4-5-9-16(14)17/h4-10,13,15,18-19H,3,11-12H2,1-2H3. The highest BCUT2D eigenvalue weighted by Gasteiger charge is 2.08. The molecule has 0 spiro atoms. The van der Waals surface area contributed by atoms with Crippen LogP contribution in [0.5, 0.6) is 5.75 Å². The SMILES string of the molecule is CCC(C)NCC(O)COc1cccc2ccccc12. The molecule has 2 unspecified atom stereocenters. The van der Waals surface area contributed by atoms with Gasteiger partial charge in [-0.05, 0) is 24.8 Å². The largest absolute Gasteiger partial charge is 0.490 e. The summed E-state index contributed by atoms with van der Waals surface area (Å²) >= 11 is 0. The van der Waals surface area contributed by atoms with E-state index in [1.165, 1.54) is 0 Å². The van der Waals surface area contributed by atoms with E-state index in [1.807, 2.05) is 30.3 Å². The van der Waals surface area contributed by atoms with Crippen LogP contribution in [0.3, 0.4) is 0 Å². The van der Waals surface area contributed by atoms with Crippen LogP contribution in [0.1, 0.15) is 20.3 Å². The van der Waals surface area contributed by atoms with Gasteiger partial charge >= 0.3 is 0 Å². The number of fused-ring (bicyclic) bond motifs is 1. The summed E-state index contributed by atoms with van der Waals surface area (Å²) in [7, 11) is 0. The van der Waals surface area contributed by atoms with Gasteiger partial charge in [-0.1, -0.05) is 43.3 Å². The number of aliphatic hydroxyl groups is 1.